The Kier molecular flexibility index (Phi) is 3.31. The van der Waals surface area contributed by atoms with Crippen LogP contribution >= 0.6 is 0 Å². The molecule has 1 aromatic carbocycles. The molecule has 1 N–H and O–H groups in total. The van der Waals surface area contributed by atoms with Gasteiger partial charge in [-0.25, -0.2) is 4.68 Å². The number of tetrazole rings is 1. The third kappa shape index (κ3) is 2.33. The van der Waals surface area contributed by atoms with Gasteiger partial charge in [0.05, 0.1) is 0 Å². The zero-order valence-electron chi connectivity index (χ0n) is 11.7. The minimum absolute atomic E-state index is 0.234. The first-order chi connectivity index (χ1) is 10.2. The molecule has 0 saturated heterocycles. The largest absolute Gasteiger partial charge is 0.289 e. The Hall–Kier alpha value is -2.83. The van der Waals surface area contributed by atoms with Crippen LogP contribution < -0.4 is 5.32 Å². The summed E-state index contributed by atoms with van der Waals surface area (Å²) in [7, 11) is 0. The molecule has 7 nitrogen and oxygen atoms in total. The number of aryl methyl sites for hydroxylation is 2. The lowest BCUT2D eigenvalue weighted by atomic mass is 10.0. The molecular formula is C14H14N6O. The highest BCUT2D eigenvalue weighted by atomic mass is 16.1. The zero-order valence-corrected chi connectivity index (χ0v) is 11.7. The average Bonchev–Trinajstić information content (AvgIpc) is 2.95. The van der Waals surface area contributed by atoms with Crippen molar-refractivity contribution in [2.45, 2.75) is 20.4 Å². The molecule has 0 saturated carbocycles. The minimum Gasteiger partial charge on any atom is -0.289 e. The fourth-order valence-electron chi connectivity index (χ4n) is 2.23. The lowest BCUT2D eigenvalue weighted by molar-refractivity contribution is 0.102. The van der Waals surface area contributed by atoms with Crippen LogP contribution in [0.5, 0.6) is 0 Å². The van der Waals surface area contributed by atoms with E-state index in [1.165, 1.54) is 4.68 Å². The molecule has 0 aliphatic rings. The van der Waals surface area contributed by atoms with Crippen LogP contribution in [0, 0.1) is 6.92 Å². The number of pyridine rings is 1. The van der Waals surface area contributed by atoms with E-state index < -0.39 is 0 Å². The number of fused-ring (bicyclic) bond motifs is 1. The van der Waals surface area contributed by atoms with Gasteiger partial charge in [0.1, 0.15) is 0 Å². The fraction of sp³-hybridized carbons (Fsp3) is 0.214. The summed E-state index contributed by atoms with van der Waals surface area (Å²) in [5.41, 5.74) is 1.47. The Balaban J connectivity index is 1.97. The second kappa shape index (κ2) is 5.28. The summed E-state index contributed by atoms with van der Waals surface area (Å²) in [4.78, 5) is 16.5. The van der Waals surface area contributed by atoms with Crippen molar-refractivity contribution < 1.29 is 4.79 Å². The third-order valence-corrected chi connectivity index (χ3v) is 3.39. The first kappa shape index (κ1) is 13.2. The number of carbonyl (C=O) groups excluding carboxylic acids is 1. The van der Waals surface area contributed by atoms with Crippen LogP contribution in [0.2, 0.25) is 0 Å². The van der Waals surface area contributed by atoms with Crippen LogP contribution in [0.15, 0.2) is 30.6 Å². The van der Waals surface area contributed by atoms with E-state index in [0.717, 1.165) is 16.3 Å². The van der Waals surface area contributed by atoms with E-state index >= 15 is 0 Å². The van der Waals surface area contributed by atoms with Gasteiger partial charge in [0.25, 0.3) is 5.91 Å². The predicted molar refractivity (Wildman–Crippen MR) is 77.9 cm³/mol. The summed E-state index contributed by atoms with van der Waals surface area (Å²) in [6.45, 7) is 4.39. The molecule has 0 aliphatic carbocycles. The number of benzene rings is 1. The van der Waals surface area contributed by atoms with Gasteiger partial charge in [0.15, 0.2) is 0 Å². The molecular weight excluding hydrogens is 268 g/mol. The Morgan fingerprint density at radius 3 is 3.00 bits per heavy atom. The van der Waals surface area contributed by atoms with E-state index in [9.17, 15) is 4.79 Å². The minimum atomic E-state index is -0.234. The van der Waals surface area contributed by atoms with Crippen LogP contribution in [0.4, 0.5) is 5.95 Å². The number of hydrogen-bond donors (Lipinski definition) is 1. The van der Waals surface area contributed by atoms with Crippen molar-refractivity contribution in [3.05, 3.63) is 41.7 Å². The van der Waals surface area contributed by atoms with E-state index in [0.29, 0.717) is 18.1 Å². The van der Waals surface area contributed by atoms with Crippen LogP contribution in [0.25, 0.3) is 10.8 Å². The molecule has 106 valence electrons. The lowest BCUT2D eigenvalue weighted by Gasteiger charge is -2.09. The van der Waals surface area contributed by atoms with Crippen LogP contribution in [0.1, 0.15) is 22.8 Å². The van der Waals surface area contributed by atoms with E-state index in [4.69, 9.17) is 0 Å². The molecule has 21 heavy (non-hydrogen) atoms. The van der Waals surface area contributed by atoms with Gasteiger partial charge in [-0.05, 0) is 47.4 Å². The zero-order chi connectivity index (χ0) is 14.8. The Morgan fingerprint density at radius 2 is 2.19 bits per heavy atom. The molecule has 2 aromatic heterocycles. The third-order valence-electron chi connectivity index (χ3n) is 3.39. The second-order valence-corrected chi connectivity index (χ2v) is 4.61. The molecule has 7 heteroatoms. The summed E-state index contributed by atoms with van der Waals surface area (Å²) in [6, 6.07) is 5.62. The van der Waals surface area contributed by atoms with Gasteiger partial charge >= 0.3 is 0 Å². The average molecular weight is 282 g/mol. The number of rotatable bonds is 3. The van der Waals surface area contributed by atoms with Gasteiger partial charge in [-0.2, -0.15) is 0 Å². The highest BCUT2D eigenvalue weighted by Crippen LogP contribution is 2.21. The van der Waals surface area contributed by atoms with Crippen molar-refractivity contribution in [2.75, 3.05) is 5.32 Å². The van der Waals surface area contributed by atoms with Crippen LogP contribution in [-0.4, -0.2) is 31.1 Å². The highest BCUT2D eigenvalue weighted by Gasteiger charge is 2.14. The molecule has 0 fully saturated rings. The number of nitrogens with zero attached hydrogens (tertiary/aromatic N) is 5. The molecule has 0 aliphatic heterocycles. The second-order valence-electron chi connectivity index (χ2n) is 4.61. The normalized spacial score (nSPS) is 10.8. The summed E-state index contributed by atoms with van der Waals surface area (Å²) in [5, 5.41) is 15.9. The van der Waals surface area contributed by atoms with Gasteiger partial charge in [0, 0.05) is 29.9 Å². The molecule has 0 atom stereocenters. The number of carbonyl (C=O) groups is 1. The van der Waals surface area contributed by atoms with Gasteiger partial charge in [0.2, 0.25) is 5.95 Å². The first-order valence-electron chi connectivity index (χ1n) is 6.61. The van der Waals surface area contributed by atoms with Gasteiger partial charge in [-0.15, -0.1) is 0 Å². The fourth-order valence-corrected chi connectivity index (χ4v) is 2.23. The molecule has 1 amide bonds. The number of anilines is 1. The van der Waals surface area contributed by atoms with Crippen molar-refractivity contribution >= 4 is 22.6 Å². The van der Waals surface area contributed by atoms with Crippen LogP contribution in [-0.2, 0) is 6.54 Å². The number of amides is 1. The quantitative estimate of drug-likeness (QED) is 0.791. The molecule has 2 heterocycles. The summed E-state index contributed by atoms with van der Waals surface area (Å²) in [5.74, 6) is 0.107. The van der Waals surface area contributed by atoms with Crippen molar-refractivity contribution in [2.24, 2.45) is 0 Å². The predicted octanol–water partition coefficient (Wildman–Crippen LogP) is 1.80. The molecule has 3 rings (SSSR count). The van der Waals surface area contributed by atoms with E-state index in [-0.39, 0.29) is 5.91 Å². The van der Waals surface area contributed by atoms with Gasteiger partial charge in [-0.1, -0.05) is 11.2 Å². The van der Waals surface area contributed by atoms with E-state index in [2.05, 4.69) is 25.8 Å². The number of aromatic nitrogens is 5. The maximum Gasteiger partial charge on any atom is 0.258 e. The Labute approximate surface area is 121 Å². The molecule has 0 radical (unpaired) electrons. The molecule has 0 bridgehead atoms. The summed E-state index contributed by atoms with van der Waals surface area (Å²) in [6.07, 6.45) is 3.49. The highest BCUT2D eigenvalue weighted by molar-refractivity contribution is 6.07. The topological polar surface area (TPSA) is 85.6 Å². The Morgan fingerprint density at radius 1 is 1.33 bits per heavy atom. The monoisotopic (exact) mass is 282 g/mol. The van der Waals surface area contributed by atoms with E-state index in [1.54, 1.807) is 18.5 Å². The molecule has 0 spiro atoms. The van der Waals surface area contributed by atoms with Crippen LogP contribution in [0.3, 0.4) is 0 Å². The SMILES string of the molecule is CCn1nnnc1NC(=O)c1ccc2ccncc2c1C. The maximum absolute atomic E-state index is 12.4. The Bertz CT molecular complexity index is 810. The van der Waals surface area contributed by atoms with Crippen molar-refractivity contribution in [3.63, 3.8) is 0 Å². The first-order valence-corrected chi connectivity index (χ1v) is 6.61. The number of nitrogens with one attached hydrogen (secondary N) is 1. The van der Waals surface area contributed by atoms with Gasteiger partial charge < -0.3 is 0 Å². The smallest absolute Gasteiger partial charge is 0.258 e. The van der Waals surface area contributed by atoms with Crippen molar-refractivity contribution in [1.29, 1.82) is 0 Å². The standard InChI is InChI=1S/C14H14N6O/c1-3-20-14(17-18-19-20)16-13(21)11-5-4-10-6-7-15-8-12(10)9(11)2/h4-8H,3H2,1-2H3,(H,16,17,19,21). The molecule has 0 unspecified atom stereocenters. The molecule has 3 aromatic rings. The van der Waals surface area contributed by atoms with Crippen molar-refractivity contribution in [3.8, 4) is 0 Å². The number of hydrogen-bond acceptors (Lipinski definition) is 5. The van der Waals surface area contributed by atoms with E-state index in [1.807, 2.05) is 26.0 Å². The summed E-state index contributed by atoms with van der Waals surface area (Å²) >= 11 is 0. The maximum atomic E-state index is 12.4. The van der Waals surface area contributed by atoms with Gasteiger partial charge in [-0.3, -0.25) is 15.1 Å². The van der Waals surface area contributed by atoms with Crippen molar-refractivity contribution in [1.82, 2.24) is 25.2 Å². The lowest BCUT2D eigenvalue weighted by Crippen LogP contribution is -2.17. The summed E-state index contributed by atoms with van der Waals surface area (Å²) < 4.78 is 1.52.